The molecule has 1 aromatic carbocycles. The zero-order valence-corrected chi connectivity index (χ0v) is 16.3. The van der Waals surface area contributed by atoms with Crippen molar-refractivity contribution in [3.63, 3.8) is 0 Å². The van der Waals surface area contributed by atoms with Gasteiger partial charge in [-0.25, -0.2) is 0 Å². The summed E-state index contributed by atoms with van der Waals surface area (Å²) in [6.45, 7) is 4.00. The Hall–Kier alpha value is -2.06. The first-order valence-corrected chi connectivity index (χ1v) is 10.4. The quantitative estimate of drug-likeness (QED) is 0.562. The van der Waals surface area contributed by atoms with Gasteiger partial charge in [0, 0.05) is 22.9 Å². The third-order valence-corrected chi connectivity index (χ3v) is 6.25. The summed E-state index contributed by atoms with van der Waals surface area (Å²) in [5.41, 5.74) is 2.25. The molecule has 2 aromatic rings. The van der Waals surface area contributed by atoms with Gasteiger partial charge in [0.05, 0.1) is 12.1 Å². The van der Waals surface area contributed by atoms with Crippen molar-refractivity contribution < 1.29 is 9.59 Å². The Bertz CT molecular complexity index is 843. The Kier molecular flexibility index (Phi) is 6.16. The normalized spacial score (nSPS) is 13.5. The van der Waals surface area contributed by atoms with E-state index in [-0.39, 0.29) is 17.6 Å². The van der Waals surface area contributed by atoms with Crippen LogP contribution >= 0.6 is 23.1 Å². The number of Topliss-reactive ketones (excluding diaryl/α,β-unsaturated/α-hetero) is 1. The molecule has 3 rings (SSSR count). The smallest absolute Gasteiger partial charge is 0.229 e. The molecule has 0 aliphatic carbocycles. The lowest BCUT2D eigenvalue weighted by molar-refractivity contribution is -0.120. The zero-order valence-electron chi connectivity index (χ0n) is 14.7. The van der Waals surface area contributed by atoms with Crippen molar-refractivity contribution in [3.05, 3.63) is 29.8 Å². The third kappa shape index (κ3) is 4.37. The van der Waals surface area contributed by atoms with Gasteiger partial charge in [-0.2, -0.15) is 0 Å². The number of benzene rings is 1. The van der Waals surface area contributed by atoms with Gasteiger partial charge in [0.1, 0.15) is 0 Å². The number of para-hydroxylation sites is 1. The summed E-state index contributed by atoms with van der Waals surface area (Å²) < 4.78 is 0.749. The van der Waals surface area contributed by atoms with E-state index in [2.05, 4.69) is 20.5 Å². The van der Waals surface area contributed by atoms with E-state index in [0.29, 0.717) is 22.9 Å². The highest BCUT2D eigenvalue weighted by Crippen LogP contribution is 2.30. The van der Waals surface area contributed by atoms with Crippen molar-refractivity contribution in [1.82, 2.24) is 10.2 Å². The number of carbonyl (C=O) groups is 2. The molecule has 8 heteroatoms. The largest absolute Gasteiger partial charge is 0.300 e. The fourth-order valence-corrected chi connectivity index (χ4v) is 4.40. The number of rotatable bonds is 7. The van der Waals surface area contributed by atoms with Gasteiger partial charge in [0.25, 0.3) is 0 Å². The molecule has 1 aliphatic heterocycles. The first-order chi connectivity index (χ1) is 12.6. The number of amides is 1. The number of hydrogen-bond donors (Lipinski definition) is 1. The van der Waals surface area contributed by atoms with Gasteiger partial charge in [-0.1, -0.05) is 49.1 Å². The number of ketones is 1. The molecular weight excluding hydrogens is 368 g/mol. The van der Waals surface area contributed by atoms with E-state index in [1.165, 1.54) is 23.1 Å². The minimum Gasteiger partial charge on any atom is -0.300 e. The Balaban J connectivity index is 1.60. The SMILES string of the molecule is CCC(CC)C(=O)Nc1nnc(SCC2=Nc3ccccc3C(=O)C2)s1. The lowest BCUT2D eigenvalue weighted by Gasteiger charge is -2.13. The Morgan fingerprint density at radius 3 is 2.81 bits per heavy atom. The van der Waals surface area contributed by atoms with Gasteiger partial charge >= 0.3 is 0 Å². The van der Waals surface area contributed by atoms with Crippen LogP contribution in [0.5, 0.6) is 0 Å². The van der Waals surface area contributed by atoms with Crippen molar-refractivity contribution in [2.75, 3.05) is 11.1 Å². The second-order valence-corrected chi connectivity index (χ2v) is 8.16. The van der Waals surface area contributed by atoms with Crippen molar-refractivity contribution in [1.29, 1.82) is 0 Å². The van der Waals surface area contributed by atoms with Crippen LogP contribution in [0.15, 0.2) is 33.6 Å². The van der Waals surface area contributed by atoms with Crippen molar-refractivity contribution in [2.45, 2.75) is 37.4 Å². The van der Waals surface area contributed by atoms with Crippen LogP contribution in [0.1, 0.15) is 43.5 Å². The molecule has 0 saturated carbocycles. The molecule has 0 bridgehead atoms. The molecule has 136 valence electrons. The summed E-state index contributed by atoms with van der Waals surface area (Å²) in [6, 6.07) is 7.40. The average molecular weight is 389 g/mol. The summed E-state index contributed by atoms with van der Waals surface area (Å²) in [5, 5.41) is 11.5. The number of thioether (sulfide) groups is 1. The fourth-order valence-electron chi connectivity index (χ4n) is 2.71. The van der Waals surface area contributed by atoms with Crippen LogP contribution in [0.25, 0.3) is 0 Å². The van der Waals surface area contributed by atoms with Crippen molar-refractivity contribution >= 4 is 51.3 Å². The van der Waals surface area contributed by atoms with Crippen molar-refractivity contribution in [3.8, 4) is 0 Å². The highest BCUT2D eigenvalue weighted by molar-refractivity contribution is 8.01. The van der Waals surface area contributed by atoms with Gasteiger partial charge in [-0.15, -0.1) is 10.2 Å². The predicted molar refractivity (Wildman–Crippen MR) is 106 cm³/mol. The van der Waals surface area contributed by atoms with E-state index in [4.69, 9.17) is 0 Å². The van der Waals surface area contributed by atoms with E-state index in [0.717, 1.165) is 28.6 Å². The summed E-state index contributed by atoms with van der Waals surface area (Å²) in [4.78, 5) is 28.9. The van der Waals surface area contributed by atoms with Crippen LogP contribution in [0.3, 0.4) is 0 Å². The maximum Gasteiger partial charge on any atom is 0.229 e. The summed E-state index contributed by atoms with van der Waals surface area (Å²) in [5.74, 6) is 0.663. The Labute approximate surface area is 160 Å². The second-order valence-electron chi connectivity index (χ2n) is 5.96. The molecular formula is C18H20N4O2S2. The van der Waals surface area contributed by atoms with E-state index in [9.17, 15) is 9.59 Å². The van der Waals surface area contributed by atoms with Gasteiger partial charge in [0.15, 0.2) is 10.1 Å². The molecule has 2 heterocycles. The van der Waals surface area contributed by atoms with Gasteiger partial charge in [0.2, 0.25) is 11.0 Å². The van der Waals surface area contributed by atoms with Crippen molar-refractivity contribution in [2.24, 2.45) is 10.9 Å². The number of nitrogens with one attached hydrogen (secondary N) is 1. The van der Waals surface area contributed by atoms with Gasteiger partial charge in [-0.3, -0.25) is 14.6 Å². The number of fused-ring (bicyclic) bond motifs is 1. The van der Waals surface area contributed by atoms with E-state index < -0.39 is 0 Å². The molecule has 1 N–H and O–H groups in total. The minimum atomic E-state index is -0.0124. The highest BCUT2D eigenvalue weighted by Gasteiger charge is 2.20. The first-order valence-electron chi connectivity index (χ1n) is 8.56. The molecule has 26 heavy (non-hydrogen) atoms. The Morgan fingerprint density at radius 1 is 1.27 bits per heavy atom. The number of hydrogen-bond acceptors (Lipinski definition) is 7. The van der Waals surface area contributed by atoms with Crippen LogP contribution in [0.4, 0.5) is 10.8 Å². The number of aromatic nitrogens is 2. The molecule has 1 aromatic heterocycles. The fraction of sp³-hybridized carbons (Fsp3) is 0.389. The zero-order chi connectivity index (χ0) is 18.5. The second kappa shape index (κ2) is 8.55. The topological polar surface area (TPSA) is 84.3 Å². The summed E-state index contributed by atoms with van der Waals surface area (Å²) >= 11 is 2.83. The molecule has 1 aliphatic rings. The standard InChI is InChI=1S/C18H20N4O2S2/c1-3-11(4-2)16(24)20-17-21-22-18(26-17)25-10-12-9-15(23)13-7-5-6-8-14(13)19-12/h5-8,11H,3-4,9-10H2,1-2H3,(H,20,21,24). The molecule has 0 spiro atoms. The molecule has 0 atom stereocenters. The average Bonchev–Trinajstić information content (AvgIpc) is 3.08. The summed E-state index contributed by atoms with van der Waals surface area (Å²) in [6.07, 6.45) is 1.94. The minimum absolute atomic E-state index is 0.00215. The lowest BCUT2D eigenvalue weighted by Crippen LogP contribution is -2.21. The van der Waals surface area contributed by atoms with E-state index >= 15 is 0 Å². The molecule has 1 amide bonds. The molecule has 0 radical (unpaired) electrons. The van der Waals surface area contributed by atoms with E-state index in [1.54, 1.807) is 0 Å². The van der Waals surface area contributed by atoms with Crippen LogP contribution < -0.4 is 5.32 Å². The predicted octanol–water partition coefficient (Wildman–Crippen LogP) is 4.36. The molecule has 0 unspecified atom stereocenters. The number of anilines is 1. The van der Waals surface area contributed by atoms with Gasteiger partial charge in [-0.05, 0) is 25.0 Å². The maximum absolute atomic E-state index is 12.2. The number of nitrogens with zero attached hydrogens (tertiary/aromatic N) is 3. The number of aliphatic imine (C=N–C) groups is 1. The maximum atomic E-state index is 12.2. The van der Waals surface area contributed by atoms with Crippen LogP contribution in [-0.4, -0.2) is 33.4 Å². The first kappa shape index (κ1) is 18.7. The molecule has 0 saturated heterocycles. The Morgan fingerprint density at radius 2 is 2.04 bits per heavy atom. The summed E-state index contributed by atoms with van der Waals surface area (Å²) in [7, 11) is 0. The third-order valence-electron chi connectivity index (χ3n) is 4.20. The van der Waals surface area contributed by atoms with Crippen LogP contribution in [-0.2, 0) is 4.79 Å². The van der Waals surface area contributed by atoms with Crippen LogP contribution in [0, 0.1) is 5.92 Å². The van der Waals surface area contributed by atoms with E-state index in [1.807, 2.05) is 38.1 Å². The van der Waals surface area contributed by atoms with Gasteiger partial charge < -0.3 is 5.32 Å². The molecule has 6 nitrogen and oxygen atoms in total. The highest BCUT2D eigenvalue weighted by atomic mass is 32.2. The number of carbonyl (C=O) groups excluding carboxylic acids is 2. The lowest BCUT2D eigenvalue weighted by atomic mass is 10.0. The van der Waals surface area contributed by atoms with Crippen LogP contribution in [0.2, 0.25) is 0 Å². The monoisotopic (exact) mass is 388 g/mol. The molecule has 0 fully saturated rings.